The standard InChI is InChI=1S/C62H54N2S/c1-2-3-4-5-6-7-8-22-35-60(65)49-40-45-58-59(46-49)62(48-38-43-55(44-39-48)64(52-29-18-12-19-30-52)53-31-20-13-21-32-53)57-34-24-23-33-56(57)61(58)47-36-41-54(42-37-47)63(51-27-16-11-17-28-51)50-25-14-9-10-15-26-50/h5-6,8-25,27-46,65H,2-4,7,26H2,1H3/b6-5-,22-8+,60-35-. The number of fused-ring (bicyclic) bond motifs is 2. The zero-order valence-electron chi connectivity index (χ0n) is 37.0. The Hall–Kier alpha value is -7.33. The molecule has 9 rings (SSSR count). The van der Waals surface area contributed by atoms with Gasteiger partial charge < -0.3 is 9.80 Å². The molecule has 0 radical (unpaired) electrons. The molecule has 0 atom stereocenters. The maximum atomic E-state index is 5.09. The van der Waals surface area contributed by atoms with Crippen molar-refractivity contribution in [2.24, 2.45) is 0 Å². The summed E-state index contributed by atoms with van der Waals surface area (Å²) in [6.07, 6.45) is 27.1. The van der Waals surface area contributed by atoms with Gasteiger partial charge in [0.25, 0.3) is 0 Å². The van der Waals surface area contributed by atoms with E-state index >= 15 is 0 Å². The molecular weight excluding hydrogens is 805 g/mol. The number of para-hydroxylation sites is 3. The maximum absolute atomic E-state index is 5.09. The van der Waals surface area contributed by atoms with Gasteiger partial charge in [0.1, 0.15) is 0 Å². The van der Waals surface area contributed by atoms with Gasteiger partial charge in [-0.1, -0.05) is 184 Å². The SMILES string of the molecule is CCCC/C=C\C/C=C/C=C(\S)c1ccc2c(-c3ccc(N(C4=CC=CC=CC4)c4ccccc4)cc3)c3ccccc3c(-c3ccc(N(c4ccccc4)c4ccccc4)cc3)c2c1. The Kier molecular flexibility index (Phi) is 13.8. The van der Waals surface area contributed by atoms with E-state index in [1.54, 1.807) is 0 Å². The summed E-state index contributed by atoms with van der Waals surface area (Å²) in [7, 11) is 0. The molecule has 0 amide bonds. The van der Waals surface area contributed by atoms with Gasteiger partial charge in [0, 0.05) is 45.5 Å². The highest BCUT2D eigenvalue weighted by atomic mass is 32.1. The first kappa shape index (κ1) is 42.9. The van der Waals surface area contributed by atoms with E-state index in [1.165, 1.54) is 56.8 Å². The summed E-state index contributed by atoms with van der Waals surface area (Å²) in [5.74, 6) is 0. The third-order valence-corrected chi connectivity index (χ3v) is 12.4. The minimum Gasteiger partial charge on any atom is -0.314 e. The van der Waals surface area contributed by atoms with Crippen LogP contribution in [0.1, 0.15) is 44.6 Å². The number of anilines is 5. The van der Waals surface area contributed by atoms with Crippen molar-refractivity contribution < 1.29 is 0 Å². The highest BCUT2D eigenvalue weighted by Crippen LogP contribution is 2.46. The Labute approximate surface area is 390 Å². The fraction of sp³-hybridized carbons (Fsp3) is 0.0968. The lowest BCUT2D eigenvalue weighted by molar-refractivity contribution is 0.813. The van der Waals surface area contributed by atoms with E-state index in [9.17, 15) is 0 Å². The van der Waals surface area contributed by atoms with Crippen molar-refractivity contribution in [1.82, 2.24) is 0 Å². The number of thiol groups is 1. The van der Waals surface area contributed by atoms with E-state index in [-0.39, 0.29) is 0 Å². The molecule has 0 unspecified atom stereocenters. The first-order chi connectivity index (χ1) is 32.2. The van der Waals surface area contributed by atoms with E-state index in [0.29, 0.717) is 0 Å². The molecule has 318 valence electrons. The number of unbranched alkanes of at least 4 members (excludes halogenated alkanes) is 2. The Bertz CT molecular complexity index is 3010. The molecule has 0 aromatic heterocycles. The van der Waals surface area contributed by atoms with E-state index in [0.717, 1.165) is 63.7 Å². The van der Waals surface area contributed by atoms with E-state index < -0.39 is 0 Å². The van der Waals surface area contributed by atoms with Crippen LogP contribution in [0.2, 0.25) is 0 Å². The highest BCUT2D eigenvalue weighted by molar-refractivity contribution is 7.90. The number of hydrogen-bond donors (Lipinski definition) is 1. The van der Waals surface area contributed by atoms with Gasteiger partial charge in [-0.05, 0) is 141 Å². The molecule has 2 nitrogen and oxygen atoms in total. The van der Waals surface area contributed by atoms with Crippen LogP contribution in [0.25, 0.3) is 48.7 Å². The molecule has 0 fully saturated rings. The van der Waals surface area contributed by atoms with E-state index in [2.05, 4.69) is 259 Å². The fourth-order valence-corrected chi connectivity index (χ4v) is 9.08. The Balaban J connectivity index is 1.18. The lowest BCUT2D eigenvalue weighted by atomic mass is 9.85. The van der Waals surface area contributed by atoms with Crippen LogP contribution in [0.3, 0.4) is 0 Å². The van der Waals surface area contributed by atoms with Gasteiger partial charge in [0.2, 0.25) is 0 Å². The van der Waals surface area contributed by atoms with Gasteiger partial charge in [0.15, 0.2) is 0 Å². The summed E-state index contributed by atoms with van der Waals surface area (Å²) in [4.78, 5) is 5.61. The number of allylic oxidation sites excluding steroid dienone is 10. The molecule has 0 saturated carbocycles. The quantitative estimate of drug-likeness (QED) is 0.0361. The first-order valence-electron chi connectivity index (χ1n) is 22.9. The van der Waals surface area contributed by atoms with Crippen molar-refractivity contribution in [2.75, 3.05) is 9.80 Å². The van der Waals surface area contributed by atoms with Gasteiger partial charge in [0.05, 0.1) is 0 Å². The van der Waals surface area contributed by atoms with Crippen LogP contribution in [-0.2, 0) is 0 Å². The molecule has 1 aliphatic rings. The molecular formula is C62H54N2S. The molecule has 65 heavy (non-hydrogen) atoms. The normalized spacial score (nSPS) is 12.9. The van der Waals surface area contributed by atoms with Crippen LogP contribution in [-0.4, -0.2) is 0 Å². The Morgan fingerprint density at radius 2 is 1.03 bits per heavy atom. The summed E-state index contributed by atoms with van der Waals surface area (Å²) in [6, 6.07) is 65.9. The van der Waals surface area contributed by atoms with Crippen LogP contribution >= 0.6 is 12.6 Å². The predicted octanol–water partition coefficient (Wildman–Crippen LogP) is 18.3. The number of nitrogens with zero attached hydrogens (tertiary/aromatic N) is 2. The van der Waals surface area contributed by atoms with Crippen molar-refractivity contribution in [3.63, 3.8) is 0 Å². The Morgan fingerprint density at radius 1 is 0.508 bits per heavy atom. The van der Waals surface area contributed by atoms with Gasteiger partial charge in [-0.25, -0.2) is 0 Å². The summed E-state index contributed by atoms with van der Waals surface area (Å²) in [6.45, 7) is 2.24. The van der Waals surface area contributed by atoms with E-state index in [1.807, 2.05) is 0 Å². The lowest BCUT2D eigenvalue weighted by Gasteiger charge is -2.27. The summed E-state index contributed by atoms with van der Waals surface area (Å²) in [5, 5.41) is 4.81. The van der Waals surface area contributed by atoms with Crippen LogP contribution in [0, 0.1) is 0 Å². The molecule has 0 spiro atoms. The third-order valence-electron chi connectivity index (χ3n) is 12.0. The second kappa shape index (κ2) is 20.9. The third kappa shape index (κ3) is 9.77. The van der Waals surface area contributed by atoms with Crippen LogP contribution in [0.5, 0.6) is 0 Å². The van der Waals surface area contributed by atoms with Gasteiger partial charge in [-0.2, -0.15) is 0 Å². The van der Waals surface area contributed by atoms with Gasteiger partial charge in [-0.15, -0.1) is 12.6 Å². The molecule has 8 aromatic rings. The summed E-state index contributed by atoms with van der Waals surface area (Å²) < 4.78 is 0. The first-order valence-corrected chi connectivity index (χ1v) is 23.3. The van der Waals surface area contributed by atoms with Gasteiger partial charge in [-0.3, -0.25) is 0 Å². The summed E-state index contributed by atoms with van der Waals surface area (Å²) in [5.41, 5.74) is 12.6. The van der Waals surface area contributed by atoms with Gasteiger partial charge >= 0.3 is 0 Å². The second-order valence-corrected chi connectivity index (χ2v) is 16.8. The molecule has 0 saturated heterocycles. The lowest BCUT2D eigenvalue weighted by Crippen LogP contribution is -2.15. The average Bonchev–Trinajstić information content (AvgIpc) is 3.65. The minimum absolute atomic E-state index is 0.841. The fourth-order valence-electron chi connectivity index (χ4n) is 8.85. The molecule has 3 heteroatoms. The van der Waals surface area contributed by atoms with Crippen molar-refractivity contribution in [3.8, 4) is 22.3 Å². The van der Waals surface area contributed by atoms with Crippen molar-refractivity contribution in [2.45, 2.75) is 39.0 Å². The number of hydrogen-bond acceptors (Lipinski definition) is 3. The number of rotatable bonds is 15. The molecule has 0 N–H and O–H groups in total. The zero-order valence-corrected chi connectivity index (χ0v) is 37.9. The van der Waals surface area contributed by atoms with Crippen LogP contribution in [0.15, 0.2) is 248 Å². The number of benzene rings is 8. The smallest absolute Gasteiger partial charge is 0.0462 e. The van der Waals surface area contributed by atoms with Crippen molar-refractivity contribution in [1.29, 1.82) is 0 Å². The van der Waals surface area contributed by atoms with Crippen LogP contribution in [0.4, 0.5) is 28.4 Å². The molecule has 1 aliphatic carbocycles. The maximum Gasteiger partial charge on any atom is 0.0462 e. The second-order valence-electron chi connectivity index (χ2n) is 16.3. The molecule has 8 aromatic carbocycles. The van der Waals surface area contributed by atoms with Crippen molar-refractivity contribution in [3.05, 3.63) is 254 Å². The predicted molar refractivity (Wildman–Crippen MR) is 286 cm³/mol. The average molecular weight is 859 g/mol. The zero-order chi connectivity index (χ0) is 44.2. The monoisotopic (exact) mass is 858 g/mol. The minimum atomic E-state index is 0.841. The molecule has 0 aliphatic heterocycles. The largest absolute Gasteiger partial charge is 0.314 e. The molecule has 0 bridgehead atoms. The van der Waals surface area contributed by atoms with Crippen LogP contribution < -0.4 is 9.80 Å². The Morgan fingerprint density at radius 3 is 1.63 bits per heavy atom. The summed E-state index contributed by atoms with van der Waals surface area (Å²) >= 11 is 5.09. The van der Waals surface area contributed by atoms with E-state index in [4.69, 9.17) is 12.6 Å². The highest BCUT2D eigenvalue weighted by Gasteiger charge is 2.20. The van der Waals surface area contributed by atoms with Crippen molar-refractivity contribution >= 4 is 67.5 Å². The molecule has 0 heterocycles. The topological polar surface area (TPSA) is 6.48 Å².